The van der Waals surface area contributed by atoms with E-state index in [4.69, 9.17) is 14.5 Å². The predicted octanol–water partition coefficient (Wildman–Crippen LogP) is 2.51. The van der Waals surface area contributed by atoms with Crippen molar-refractivity contribution in [1.82, 2.24) is 0 Å². The summed E-state index contributed by atoms with van der Waals surface area (Å²) in [6, 6.07) is 15.1. The third-order valence-electron chi connectivity index (χ3n) is 4.50. The number of nitrogens with zero attached hydrogens (tertiary/aromatic N) is 1. The molecule has 134 valence electrons. The maximum Gasteiger partial charge on any atom is 0.315 e. The summed E-state index contributed by atoms with van der Waals surface area (Å²) in [6.07, 6.45) is 0. The van der Waals surface area contributed by atoms with Crippen LogP contribution in [0.15, 0.2) is 59.6 Å². The molecule has 1 aliphatic rings. The van der Waals surface area contributed by atoms with E-state index in [2.05, 4.69) is 0 Å². The number of esters is 2. The molecule has 0 bridgehead atoms. The Balaban J connectivity index is 2.14. The van der Waals surface area contributed by atoms with Crippen molar-refractivity contribution in [3.8, 4) is 5.75 Å². The Bertz CT molecular complexity index is 829. The van der Waals surface area contributed by atoms with Gasteiger partial charge in [0.15, 0.2) is 0 Å². The highest BCUT2D eigenvalue weighted by Gasteiger charge is 2.49. The molecular formula is C20H19NO5. The molecule has 0 spiro atoms. The first-order chi connectivity index (χ1) is 12.6. The van der Waals surface area contributed by atoms with Crippen LogP contribution in [0.5, 0.6) is 5.75 Å². The van der Waals surface area contributed by atoms with Crippen molar-refractivity contribution in [1.29, 1.82) is 0 Å². The smallest absolute Gasteiger partial charge is 0.315 e. The number of aliphatic imine (C=N–C) groups is 1. The molecule has 0 radical (unpaired) electrons. The number of hydrogen-bond acceptors (Lipinski definition) is 6. The zero-order valence-corrected chi connectivity index (χ0v) is 14.5. The van der Waals surface area contributed by atoms with Crippen molar-refractivity contribution in [3.63, 3.8) is 0 Å². The van der Waals surface area contributed by atoms with Gasteiger partial charge in [-0.15, -0.1) is 0 Å². The van der Waals surface area contributed by atoms with Gasteiger partial charge in [-0.2, -0.15) is 0 Å². The van der Waals surface area contributed by atoms with Gasteiger partial charge in [-0.25, -0.2) is 0 Å². The number of carbonyl (C=O) groups excluding carboxylic acids is 2. The van der Waals surface area contributed by atoms with Crippen LogP contribution in [0.1, 0.15) is 17.2 Å². The molecule has 3 rings (SSSR count). The van der Waals surface area contributed by atoms with Crippen LogP contribution >= 0.6 is 0 Å². The first kappa shape index (κ1) is 17.7. The van der Waals surface area contributed by atoms with Crippen molar-refractivity contribution in [2.75, 3.05) is 14.2 Å². The number of aromatic hydroxyl groups is 1. The Morgan fingerprint density at radius 1 is 0.923 bits per heavy atom. The number of phenols is 1. The topological polar surface area (TPSA) is 85.2 Å². The number of rotatable bonds is 4. The van der Waals surface area contributed by atoms with Crippen LogP contribution in [0.25, 0.3) is 0 Å². The molecule has 1 N–H and O–H groups in total. The van der Waals surface area contributed by atoms with Crippen LogP contribution in [0.3, 0.4) is 0 Å². The third kappa shape index (κ3) is 3.18. The van der Waals surface area contributed by atoms with E-state index in [1.54, 1.807) is 12.1 Å². The summed E-state index contributed by atoms with van der Waals surface area (Å²) in [4.78, 5) is 29.7. The van der Waals surface area contributed by atoms with Gasteiger partial charge in [-0.05, 0) is 35.4 Å². The molecule has 1 heterocycles. The summed E-state index contributed by atoms with van der Waals surface area (Å²) in [7, 11) is 2.57. The van der Waals surface area contributed by atoms with Gasteiger partial charge in [0, 0.05) is 0 Å². The lowest BCUT2D eigenvalue weighted by Gasteiger charge is -2.21. The Morgan fingerprint density at radius 3 is 2.12 bits per heavy atom. The number of ether oxygens (including phenoxy) is 2. The Kier molecular flexibility index (Phi) is 5.02. The van der Waals surface area contributed by atoms with E-state index < -0.39 is 29.8 Å². The highest BCUT2D eigenvalue weighted by Crippen LogP contribution is 2.41. The molecule has 2 aromatic carbocycles. The number of phenolic OH excluding ortho intramolecular Hbond substituents is 1. The highest BCUT2D eigenvalue weighted by molar-refractivity contribution is 6.15. The summed E-state index contributed by atoms with van der Waals surface area (Å²) in [6.45, 7) is 0. The Morgan fingerprint density at radius 2 is 1.54 bits per heavy atom. The summed E-state index contributed by atoms with van der Waals surface area (Å²) >= 11 is 0. The van der Waals surface area contributed by atoms with E-state index in [0.29, 0.717) is 11.3 Å². The van der Waals surface area contributed by atoms with Crippen molar-refractivity contribution < 1.29 is 24.2 Å². The maximum absolute atomic E-state index is 12.5. The molecule has 3 atom stereocenters. The minimum atomic E-state index is -0.887. The SMILES string of the molecule is COC(=O)[C@@H]1C(c2ccc(O)cc2)=N[C@H](c2ccccc2)[C@H]1C(=O)OC. The summed E-state index contributed by atoms with van der Waals surface area (Å²) < 4.78 is 9.90. The number of hydrogen-bond donors (Lipinski definition) is 1. The van der Waals surface area contributed by atoms with E-state index in [1.807, 2.05) is 30.3 Å². The molecule has 0 unspecified atom stereocenters. The summed E-state index contributed by atoms with van der Waals surface area (Å²) in [5, 5.41) is 9.52. The highest BCUT2D eigenvalue weighted by atomic mass is 16.5. The molecule has 0 saturated carbocycles. The molecular weight excluding hydrogens is 334 g/mol. The normalized spacial score (nSPS) is 21.8. The van der Waals surface area contributed by atoms with Gasteiger partial charge >= 0.3 is 11.9 Å². The van der Waals surface area contributed by atoms with Crippen LogP contribution in [-0.2, 0) is 19.1 Å². The van der Waals surface area contributed by atoms with Crippen LogP contribution in [-0.4, -0.2) is 37.0 Å². The second-order valence-electron chi connectivity index (χ2n) is 5.97. The number of carbonyl (C=O) groups is 2. The lowest BCUT2D eigenvalue weighted by Crippen LogP contribution is -2.35. The van der Waals surface area contributed by atoms with Crippen molar-refractivity contribution >= 4 is 17.7 Å². The Labute approximate surface area is 151 Å². The van der Waals surface area contributed by atoms with Gasteiger partial charge in [0.05, 0.1) is 26.0 Å². The van der Waals surface area contributed by atoms with Crippen LogP contribution in [0.4, 0.5) is 0 Å². The molecule has 0 aliphatic carbocycles. The van der Waals surface area contributed by atoms with Crippen LogP contribution < -0.4 is 0 Å². The molecule has 26 heavy (non-hydrogen) atoms. The molecule has 0 fully saturated rings. The molecule has 6 heteroatoms. The van der Waals surface area contributed by atoms with E-state index in [-0.39, 0.29) is 5.75 Å². The quantitative estimate of drug-likeness (QED) is 0.854. The van der Waals surface area contributed by atoms with E-state index >= 15 is 0 Å². The predicted molar refractivity (Wildman–Crippen MR) is 94.8 cm³/mol. The first-order valence-corrected chi connectivity index (χ1v) is 8.14. The van der Waals surface area contributed by atoms with Crippen LogP contribution in [0, 0.1) is 11.8 Å². The average molecular weight is 353 g/mol. The Hall–Kier alpha value is -3.15. The minimum Gasteiger partial charge on any atom is -0.508 e. The monoisotopic (exact) mass is 353 g/mol. The third-order valence-corrected chi connectivity index (χ3v) is 4.50. The summed E-state index contributed by atoms with van der Waals surface area (Å²) in [5.41, 5.74) is 1.90. The van der Waals surface area contributed by atoms with E-state index in [9.17, 15) is 14.7 Å². The molecule has 1 aliphatic heterocycles. The standard InChI is InChI=1S/C20H19NO5/c1-25-19(23)15-16(20(24)26-2)18(13-8-10-14(22)11-9-13)21-17(15)12-6-4-3-5-7-12/h3-11,15-17,22H,1-2H3/t15-,16-,17+/m0/s1. The lowest BCUT2D eigenvalue weighted by atomic mass is 9.82. The van der Waals surface area contributed by atoms with Gasteiger partial charge in [0.2, 0.25) is 0 Å². The fourth-order valence-electron chi connectivity index (χ4n) is 3.27. The molecule has 0 amide bonds. The number of methoxy groups -OCH3 is 2. The van der Waals surface area contributed by atoms with Gasteiger partial charge in [-0.3, -0.25) is 14.6 Å². The van der Waals surface area contributed by atoms with Crippen molar-refractivity contribution in [3.05, 3.63) is 65.7 Å². The molecule has 0 aromatic heterocycles. The van der Waals surface area contributed by atoms with E-state index in [1.165, 1.54) is 26.4 Å². The first-order valence-electron chi connectivity index (χ1n) is 8.14. The van der Waals surface area contributed by atoms with Crippen LogP contribution in [0.2, 0.25) is 0 Å². The second-order valence-corrected chi connectivity index (χ2v) is 5.97. The molecule has 6 nitrogen and oxygen atoms in total. The molecule has 2 aromatic rings. The average Bonchev–Trinajstić information content (AvgIpc) is 3.08. The summed E-state index contributed by atoms with van der Waals surface area (Å²) in [5.74, 6) is -2.68. The second kappa shape index (κ2) is 7.39. The van der Waals surface area contributed by atoms with Crippen molar-refractivity contribution in [2.45, 2.75) is 6.04 Å². The van der Waals surface area contributed by atoms with Crippen molar-refractivity contribution in [2.24, 2.45) is 16.8 Å². The minimum absolute atomic E-state index is 0.103. The fourth-order valence-corrected chi connectivity index (χ4v) is 3.27. The number of benzene rings is 2. The largest absolute Gasteiger partial charge is 0.508 e. The zero-order chi connectivity index (χ0) is 18.7. The maximum atomic E-state index is 12.5. The van der Waals surface area contributed by atoms with Gasteiger partial charge in [-0.1, -0.05) is 30.3 Å². The zero-order valence-electron chi connectivity index (χ0n) is 14.5. The van der Waals surface area contributed by atoms with Gasteiger partial charge in [0.1, 0.15) is 17.6 Å². The lowest BCUT2D eigenvalue weighted by molar-refractivity contribution is -0.154. The van der Waals surface area contributed by atoms with Gasteiger partial charge < -0.3 is 14.6 Å². The molecule has 0 saturated heterocycles. The fraction of sp³-hybridized carbons (Fsp3) is 0.250. The van der Waals surface area contributed by atoms with Gasteiger partial charge in [0.25, 0.3) is 0 Å². The van der Waals surface area contributed by atoms with E-state index in [0.717, 1.165) is 5.56 Å².